The summed E-state index contributed by atoms with van der Waals surface area (Å²) in [6, 6.07) is 18.0. The molecule has 0 atom stereocenters. The molecule has 2 aromatic carbocycles. The monoisotopic (exact) mass is 1080 g/mol. The second kappa shape index (κ2) is 58.4. The van der Waals surface area contributed by atoms with Crippen molar-refractivity contribution in [2.45, 2.75) is 374 Å². The number of benzene rings is 2. The normalized spacial score (nSPS) is 11.9. The fourth-order valence-corrected chi connectivity index (χ4v) is 11.2. The van der Waals surface area contributed by atoms with Crippen LogP contribution in [0.5, 0.6) is 0 Å². The van der Waals surface area contributed by atoms with Crippen molar-refractivity contribution < 1.29 is 16.5 Å². The first-order chi connectivity index (χ1) is 36.7. The summed E-state index contributed by atoms with van der Waals surface area (Å²) in [4.78, 5) is 9.93. The molecule has 0 saturated carbocycles. The van der Waals surface area contributed by atoms with Gasteiger partial charge in [-0.05, 0) is 73.9 Å². The van der Waals surface area contributed by atoms with Gasteiger partial charge >= 0.3 is 0 Å². The molecule has 0 aliphatic heterocycles. The first-order valence-electron chi connectivity index (χ1n) is 34.0. The van der Waals surface area contributed by atoms with Crippen LogP contribution in [0.15, 0.2) is 58.5 Å². The van der Waals surface area contributed by atoms with Crippen molar-refractivity contribution in [2.75, 3.05) is 0 Å². The summed E-state index contributed by atoms with van der Waals surface area (Å²) in [5, 5.41) is 0. The van der Waals surface area contributed by atoms with Crippen LogP contribution in [0.2, 0.25) is 0 Å². The van der Waals surface area contributed by atoms with Gasteiger partial charge in [0, 0.05) is 22.7 Å². The Balaban J connectivity index is 0.0000281. The Kier molecular flexibility index (Phi) is 55.5. The predicted octanol–water partition coefficient (Wildman–Crippen LogP) is 26.0. The molecule has 3 heteroatoms. The summed E-state index contributed by atoms with van der Waals surface area (Å²) < 4.78 is 0. The smallest absolute Gasteiger partial charge is 0.0633 e. The molecule has 2 aromatic rings. The Morgan fingerprint density at radius 1 is 0.267 bits per heavy atom. The average molecular weight is 1080 g/mol. The molecular formula is C72H128N2Ni. The molecule has 2 rings (SSSR count). The molecule has 0 unspecified atom stereocenters. The van der Waals surface area contributed by atoms with E-state index in [0.717, 1.165) is 29.9 Å². The molecule has 75 heavy (non-hydrogen) atoms. The minimum absolute atomic E-state index is 0. The molecule has 0 amide bonds. The van der Waals surface area contributed by atoms with E-state index in [0.29, 0.717) is 0 Å². The van der Waals surface area contributed by atoms with Gasteiger partial charge in [-0.25, -0.2) is 0 Å². The Bertz CT molecular complexity index is 1460. The van der Waals surface area contributed by atoms with Crippen LogP contribution < -0.4 is 0 Å². The Morgan fingerprint density at radius 2 is 0.480 bits per heavy atom. The van der Waals surface area contributed by atoms with Gasteiger partial charge in [0.05, 0.1) is 17.1 Å². The number of hydrogen-bond acceptors (Lipinski definition) is 2. The number of nitrogens with zero attached hydrogens (tertiary/aromatic N) is 2. The Hall–Kier alpha value is -1.73. The van der Waals surface area contributed by atoms with Gasteiger partial charge in [-0.3, -0.25) is 9.98 Å². The molecule has 0 N–H and O–H groups in total. The van der Waals surface area contributed by atoms with E-state index in [1.54, 1.807) is 0 Å². The number of hydrogen-bond donors (Lipinski definition) is 0. The van der Waals surface area contributed by atoms with Crippen LogP contribution in [-0.2, 0) is 29.3 Å². The molecule has 0 aliphatic rings. The van der Waals surface area contributed by atoms with Crippen molar-refractivity contribution in [1.29, 1.82) is 0 Å². The second-order valence-electron chi connectivity index (χ2n) is 23.8. The fraction of sp³-hybridized carbons (Fsp3) is 0.806. The third kappa shape index (κ3) is 49.1. The summed E-state index contributed by atoms with van der Waals surface area (Å²) >= 11 is 0. The van der Waals surface area contributed by atoms with Crippen molar-refractivity contribution in [3.63, 3.8) is 0 Å². The summed E-state index contributed by atoms with van der Waals surface area (Å²) in [6.45, 7) is 6.88. The van der Waals surface area contributed by atoms with Gasteiger partial charge in [0.1, 0.15) is 0 Å². The third-order valence-electron chi connectivity index (χ3n) is 16.4. The van der Waals surface area contributed by atoms with Crippen LogP contribution in [-0.4, -0.2) is 11.9 Å². The van der Waals surface area contributed by atoms with Crippen molar-refractivity contribution >= 4 is 23.3 Å². The first kappa shape index (κ1) is 71.3. The molecule has 436 valence electrons. The maximum atomic E-state index is 5.06. The molecule has 0 spiro atoms. The van der Waals surface area contributed by atoms with E-state index in [-0.39, 0.29) is 16.5 Å². The van der Waals surface area contributed by atoms with Crippen LogP contribution in [0, 0.1) is 0 Å². The number of aryl methyl sites for hydroxylation is 2. The first-order valence-corrected chi connectivity index (χ1v) is 34.0. The summed E-state index contributed by atoms with van der Waals surface area (Å²) in [7, 11) is 0. The minimum atomic E-state index is 0. The van der Waals surface area contributed by atoms with Crippen molar-refractivity contribution in [1.82, 2.24) is 0 Å². The maximum absolute atomic E-state index is 5.06. The van der Waals surface area contributed by atoms with Gasteiger partial charge in [0.25, 0.3) is 0 Å². The van der Waals surface area contributed by atoms with E-state index >= 15 is 0 Å². The second-order valence-corrected chi connectivity index (χ2v) is 23.8. The standard InChI is InChI=1S/C72H128N2.Ni/c1-4-7-10-12-14-16-18-20-22-24-26-28-30-32-34-36-38-40-42-44-46-48-50-52-54-56-68-59-63-70(64-60-68)73-67-72(58-9-6-3)74-71-65-61-69(62-66-71)57-55-53-51-49-47-45-43-41-39-37-35-33-31-29-27-25-23-21-19-17-15-13-11-8-5-2;/h59-67H,4-58H2,1-3H3;. The van der Waals surface area contributed by atoms with Gasteiger partial charge in [-0.15, -0.1) is 0 Å². The minimum Gasteiger partial charge on any atom is -0.255 e. The quantitative estimate of drug-likeness (QED) is 0.0358. The third-order valence-corrected chi connectivity index (χ3v) is 16.4. The zero-order valence-electron chi connectivity index (χ0n) is 50.8. The topological polar surface area (TPSA) is 24.7 Å². The van der Waals surface area contributed by atoms with Gasteiger partial charge in [0.15, 0.2) is 0 Å². The Morgan fingerprint density at radius 3 is 0.720 bits per heavy atom. The van der Waals surface area contributed by atoms with Crippen LogP contribution >= 0.6 is 0 Å². The van der Waals surface area contributed by atoms with Crippen LogP contribution in [0.3, 0.4) is 0 Å². The SMILES string of the molecule is CCCCCCCCCCCCCCCCCCCCCCCCCCCc1ccc(N=CC(CCCC)=Nc2ccc(CCCCCCCCCCCCCCCCCCCCCCCCCCC)cc2)cc1.[Ni]. The molecule has 2 nitrogen and oxygen atoms in total. The van der Waals surface area contributed by atoms with Gasteiger partial charge < -0.3 is 0 Å². The number of unbranched alkanes of at least 4 members (excludes halogenated alkanes) is 49. The maximum Gasteiger partial charge on any atom is 0.0633 e. The molecule has 0 aromatic heterocycles. The van der Waals surface area contributed by atoms with E-state index in [1.165, 1.54) is 351 Å². The number of rotatable bonds is 58. The molecule has 0 fully saturated rings. The van der Waals surface area contributed by atoms with Crippen LogP contribution in [0.25, 0.3) is 0 Å². The predicted molar refractivity (Wildman–Crippen MR) is 337 cm³/mol. The van der Waals surface area contributed by atoms with E-state index in [1.807, 2.05) is 6.21 Å². The van der Waals surface area contributed by atoms with Crippen LogP contribution in [0.4, 0.5) is 11.4 Å². The van der Waals surface area contributed by atoms with E-state index in [2.05, 4.69) is 69.3 Å². The summed E-state index contributed by atoms with van der Waals surface area (Å²) in [5.74, 6) is 0. The average Bonchev–Trinajstić information content (AvgIpc) is 3.42. The van der Waals surface area contributed by atoms with Crippen molar-refractivity contribution in [2.24, 2.45) is 9.98 Å². The molecule has 0 bridgehead atoms. The van der Waals surface area contributed by atoms with Crippen LogP contribution in [0.1, 0.15) is 372 Å². The Labute approximate surface area is 480 Å². The fourth-order valence-electron chi connectivity index (χ4n) is 11.2. The summed E-state index contributed by atoms with van der Waals surface area (Å²) in [5.41, 5.74) is 6.06. The van der Waals surface area contributed by atoms with E-state index in [9.17, 15) is 0 Å². The largest absolute Gasteiger partial charge is 0.255 e. The van der Waals surface area contributed by atoms with Crippen molar-refractivity contribution in [3.05, 3.63) is 59.7 Å². The van der Waals surface area contributed by atoms with Crippen molar-refractivity contribution in [3.8, 4) is 0 Å². The van der Waals surface area contributed by atoms with E-state index in [4.69, 9.17) is 9.98 Å². The molecular weight excluding hydrogens is 951 g/mol. The zero-order valence-corrected chi connectivity index (χ0v) is 51.8. The molecule has 0 heterocycles. The van der Waals surface area contributed by atoms with Gasteiger partial charge in [-0.1, -0.05) is 360 Å². The molecule has 0 aliphatic carbocycles. The van der Waals surface area contributed by atoms with E-state index < -0.39 is 0 Å². The van der Waals surface area contributed by atoms with Gasteiger partial charge in [0.2, 0.25) is 0 Å². The molecule has 0 radical (unpaired) electrons. The number of aliphatic imine (C=N–C) groups is 2. The zero-order chi connectivity index (χ0) is 52.6. The summed E-state index contributed by atoms with van der Waals surface area (Å²) in [6.07, 6.45) is 80.0. The van der Waals surface area contributed by atoms with Gasteiger partial charge in [-0.2, -0.15) is 0 Å². The molecule has 0 saturated heterocycles.